The summed E-state index contributed by atoms with van der Waals surface area (Å²) in [6, 6.07) is 13.0. The molecule has 0 N–H and O–H groups in total. The normalized spacial score (nSPS) is 11.1. The fraction of sp³-hybridized carbons (Fsp3) is 0.217. The third-order valence-electron chi connectivity index (χ3n) is 4.87. The zero-order valence-electron chi connectivity index (χ0n) is 16.0. The molecule has 0 fully saturated rings. The van der Waals surface area contributed by atoms with Crippen LogP contribution in [0.2, 0.25) is 0 Å². The molecule has 0 aliphatic heterocycles. The molecule has 27 heavy (non-hydrogen) atoms. The number of aryl methyl sites for hydroxylation is 4. The lowest BCUT2D eigenvalue weighted by atomic mass is 9.99. The van der Waals surface area contributed by atoms with Crippen LogP contribution in [0.4, 0.5) is 0 Å². The van der Waals surface area contributed by atoms with E-state index < -0.39 is 0 Å². The standard InChI is InChI=1S/C23H22N2S2/c1-14-5-7-18(8-6-14)20-12-26-22(24-20)11-23-25-21(13-27-23)19-10-16(3)15(2)9-17(19)4/h5-10,12-13H,11H2,1-4H3. The van der Waals surface area contributed by atoms with Crippen LogP contribution in [-0.4, -0.2) is 9.97 Å². The summed E-state index contributed by atoms with van der Waals surface area (Å²) in [6.07, 6.45) is 0.797. The van der Waals surface area contributed by atoms with Gasteiger partial charge < -0.3 is 0 Å². The van der Waals surface area contributed by atoms with Crippen molar-refractivity contribution in [1.82, 2.24) is 9.97 Å². The highest BCUT2D eigenvalue weighted by Crippen LogP contribution is 2.29. The second kappa shape index (κ2) is 7.37. The molecule has 2 nitrogen and oxygen atoms in total. The highest BCUT2D eigenvalue weighted by Gasteiger charge is 2.11. The summed E-state index contributed by atoms with van der Waals surface area (Å²) < 4.78 is 0. The molecule has 0 saturated heterocycles. The van der Waals surface area contributed by atoms with E-state index in [4.69, 9.17) is 9.97 Å². The summed E-state index contributed by atoms with van der Waals surface area (Å²) in [6.45, 7) is 8.59. The SMILES string of the molecule is Cc1ccc(-c2csc(Cc3nc(-c4cc(C)c(C)cc4C)cs3)n2)cc1. The highest BCUT2D eigenvalue weighted by atomic mass is 32.1. The predicted molar refractivity (Wildman–Crippen MR) is 117 cm³/mol. The summed E-state index contributed by atoms with van der Waals surface area (Å²) in [5, 5.41) is 6.54. The number of aromatic nitrogens is 2. The van der Waals surface area contributed by atoms with Gasteiger partial charge in [0.15, 0.2) is 0 Å². The van der Waals surface area contributed by atoms with Crippen molar-refractivity contribution in [3.63, 3.8) is 0 Å². The van der Waals surface area contributed by atoms with E-state index >= 15 is 0 Å². The van der Waals surface area contributed by atoms with E-state index in [0.717, 1.165) is 27.8 Å². The third kappa shape index (κ3) is 3.87. The van der Waals surface area contributed by atoms with Crippen LogP contribution in [0.15, 0.2) is 47.2 Å². The van der Waals surface area contributed by atoms with E-state index in [1.165, 1.54) is 33.4 Å². The first-order valence-corrected chi connectivity index (χ1v) is 10.8. The molecule has 2 aromatic heterocycles. The van der Waals surface area contributed by atoms with Gasteiger partial charge in [0.1, 0.15) is 10.0 Å². The summed E-state index contributed by atoms with van der Waals surface area (Å²) in [5.74, 6) is 0. The van der Waals surface area contributed by atoms with Crippen LogP contribution in [0.5, 0.6) is 0 Å². The zero-order chi connectivity index (χ0) is 19.0. The minimum absolute atomic E-state index is 0.797. The molecule has 0 aliphatic rings. The molecule has 0 radical (unpaired) electrons. The molecule has 4 aromatic rings. The number of benzene rings is 2. The van der Waals surface area contributed by atoms with Crippen LogP contribution < -0.4 is 0 Å². The maximum atomic E-state index is 4.89. The Labute approximate surface area is 168 Å². The van der Waals surface area contributed by atoms with Crippen LogP contribution in [0.25, 0.3) is 22.5 Å². The van der Waals surface area contributed by atoms with Crippen molar-refractivity contribution >= 4 is 22.7 Å². The van der Waals surface area contributed by atoms with E-state index in [0.29, 0.717) is 0 Å². The zero-order valence-corrected chi connectivity index (χ0v) is 17.7. The number of nitrogens with zero attached hydrogens (tertiary/aromatic N) is 2. The minimum Gasteiger partial charge on any atom is -0.241 e. The maximum absolute atomic E-state index is 4.89. The number of hydrogen-bond acceptors (Lipinski definition) is 4. The van der Waals surface area contributed by atoms with Gasteiger partial charge in [-0.25, -0.2) is 9.97 Å². The molecule has 0 bridgehead atoms. The Hall–Kier alpha value is -2.30. The topological polar surface area (TPSA) is 25.8 Å². The highest BCUT2D eigenvalue weighted by molar-refractivity contribution is 7.11. The molecule has 0 saturated carbocycles. The first kappa shape index (κ1) is 18.1. The third-order valence-corrected chi connectivity index (χ3v) is 6.57. The van der Waals surface area contributed by atoms with Crippen molar-refractivity contribution in [2.45, 2.75) is 34.1 Å². The van der Waals surface area contributed by atoms with Crippen LogP contribution in [0.1, 0.15) is 32.3 Å². The van der Waals surface area contributed by atoms with Gasteiger partial charge in [-0.15, -0.1) is 22.7 Å². The molecule has 0 amide bonds. The summed E-state index contributed by atoms with van der Waals surface area (Å²) in [4.78, 5) is 9.70. The second-order valence-corrected chi connectivity index (χ2v) is 8.93. The van der Waals surface area contributed by atoms with Crippen molar-refractivity contribution in [3.05, 3.63) is 79.4 Å². The molecule has 0 atom stereocenters. The van der Waals surface area contributed by atoms with Crippen LogP contribution in [-0.2, 0) is 6.42 Å². The largest absolute Gasteiger partial charge is 0.241 e. The fourth-order valence-corrected chi connectivity index (χ4v) is 4.83. The summed E-state index contributed by atoms with van der Waals surface area (Å²) >= 11 is 3.43. The van der Waals surface area contributed by atoms with Gasteiger partial charge in [0.2, 0.25) is 0 Å². The fourth-order valence-electron chi connectivity index (χ4n) is 3.13. The number of hydrogen-bond donors (Lipinski definition) is 0. The van der Waals surface area contributed by atoms with Crippen molar-refractivity contribution in [2.75, 3.05) is 0 Å². The average Bonchev–Trinajstić information content (AvgIpc) is 3.29. The molecule has 0 spiro atoms. The van der Waals surface area contributed by atoms with Gasteiger partial charge in [-0.05, 0) is 50.5 Å². The summed E-state index contributed by atoms with van der Waals surface area (Å²) in [5.41, 5.74) is 9.74. The van der Waals surface area contributed by atoms with Crippen LogP contribution in [0.3, 0.4) is 0 Å². The van der Waals surface area contributed by atoms with Crippen molar-refractivity contribution in [1.29, 1.82) is 0 Å². The van der Waals surface area contributed by atoms with Gasteiger partial charge in [-0.1, -0.05) is 35.9 Å². The Morgan fingerprint density at radius 3 is 2.00 bits per heavy atom. The van der Waals surface area contributed by atoms with Crippen molar-refractivity contribution < 1.29 is 0 Å². The smallest absolute Gasteiger partial charge is 0.100 e. The van der Waals surface area contributed by atoms with Gasteiger partial charge in [0, 0.05) is 21.9 Å². The maximum Gasteiger partial charge on any atom is 0.100 e. The predicted octanol–water partition coefficient (Wildman–Crippen LogP) is 6.76. The summed E-state index contributed by atoms with van der Waals surface area (Å²) in [7, 11) is 0. The minimum atomic E-state index is 0.797. The molecule has 136 valence electrons. The molecule has 2 heterocycles. The van der Waals surface area contributed by atoms with E-state index in [-0.39, 0.29) is 0 Å². The lowest BCUT2D eigenvalue weighted by Gasteiger charge is -2.07. The quantitative estimate of drug-likeness (QED) is 0.385. The molecular formula is C23H22N2S2. The molecule has 0 aliphatic carbocycles. The van der Waals surface area contributed by atoms with E-state index in [1.807, 2.05) is 0 Å². The molecule has 4 rings (SSSR count). The Bertz CT molecular complexity index is 1090. The second-order valence-electron chi connectivity index (χ2n) is 7.05. The van der Waals surface area contributed by atoms with Crippen molar-refractivity contribution in [2.24, 2.45) is 0 Å². The first-order chi connectivity index (χ1) is 13.0. The van der Waals surface area contributed by atoms with Gasteiger partial charge in [0.25, 0.3) is 0 Å². The lowest BCUT2D eigenvalue weighted by Crippen LogP contribution is -1.91. The molecular weight excluding hydrogens is 368 g/mol. The molecule has 0 unspecified atom stereocenters. The molecule has 2 aromatic carbocycles. The number of rotatable bonds is 4. The van der Waals surface area contributed by atoms with Gasteiger partial charge >= 0.3 is 0 Å². The Morgan fingerprint density at radius 2 is 1.30 bits per heavy atom. The molecule has 4 heteroatoms. The van der Waals surface area contributed by atoms with E-state index in [1.54, 1.807) is 22.7 Å². The first-order valence-electron chi connectivity index (χ1n) is 9.03. The van der Waals surface area contributed by atoms with Crippen molar-refractivity contribution in [3.8, 4) is 22.5 Å². The monoisotopic (exact) mass is 390 g/mol. The Balaban J connectivity index is 1.55. The van der Waals surface area contributed by atoms with Gasteiger partial charge in [-0.3, -0.25) is 0 Å². The Morgan fingerprint density at radius 1 is 0.704 bits per heavy atom. The Kier molecular flexibility index (Phi) is 4.94. The lowest BCUT2D eigenvalue weighted by molar-refractivity contribution is 1.10. The van der Waals surface area contributed by atoms with E-state index in [2.05, 4.69) is 74.9 Å². The van der Waals surface area contributed by atoms with E-state index in [9.17, 15) is 0 Å². The van der Waals surface area contributed by atoms with Gasteiger partial charge in [-0.2, -0.15) is 0 Å². The number of thiazole rings is 2. The van der Waals surface area contributed by atoms with Crippen LogP contribution >= 0.6 is 22.7 Å². The van der Waals surface area contributed by atoms with Crippen LogP contribution in [0, 0.1) is 27.7 Å². The van der Waals surface area contributed by atoms with Gasteiger partial charge in [0.05, 0.1) is 17.8 Å². The average molecular weight is 391 g/mol.